The van der Waals surface area contributed by atoms with Gasteiger partial charge in [-0.1, -0.05) is 12.2 Å². The Kier molecular flexibility index (Phi) is 6.62. The van der Waals surface area contributed by atoms with Crippen LogP contribution in [0.25, 0.3) is 0 Å². The van der Waals surface area contributed by atoms with Gasteiger partial charge in [-0.3, -0.25) is 4.55 Å². The largest absolute Gasteiger partial charge is 0.397 e. The number of allylic oxidation sites excluding steroid dienone is 2. The van der Waals surface area contributed by atoms with Crippen LogP contribution < -0.4 is 0 Å². The Bertz CT molecular complexity index is 339. The Balaban J connectivity index is 5.10. The lowest BCUT2D eigenvalue weighted by molar-refractivity contribution is 0.00181. The second-order valence-electron chi connectivity index (χ2n) is 4.04. The molecule has 100 valence electrons. The first-order valence-electron chi connectivity index (χ1n) is 5.29. The zero-order valence-corrected chi connectivity index (χ0v) is 10.8. The molecule has 1 unspecified atom stereocenters. The summed E-state index contributed by atoms with van der Waals surface area (Å²) in [6.45, 7) is 8.47. The van der Waals surface area contributed by atoms with E-state index >= 15 is 0 Å². The smallest absolute Gasteiger partial charge is 0.396 e. The normalized spacial score (nSPS) is 15.5. The third kappa shape index (κ3) is 5.97. The van der Waals surface area contributed by atoms with Gasteiger partial charge in [0.1, 0.15) is 0 Å². The van der Waals surface area contributed by atoms with Gasteiger partial charge in [0.05, 0.1) is 5.60 Å². The van der Waals surface area contributed by atoms with Gasteiger partial charge in [0.25, 0.3) is 0 Å². The van der Waals surface area contributed by atoms with Gasteiger partial charge in [0, 0.05) is 13.0 Å². The van der Waals surface area contributed by atoms with Gasteiger partial charge in [0.2, 0.25) is 0 Å². The summed E-state index contributed by atoms with van der Waals surface area (Å²) in [5.41, 5.74) is -1.18. The minimum Gasteiger partial charge on any atom is -0.396 e. The molecular formula is C11H20O5S. The maximum Gasteiger partial charge on any atom is 0.397 e. The predicted molar refractivity (Wildman–Crippen MR) is 65.9 cm³/mol. The quantitative estimate of drug-likeness (QED) is 0.489. The van der Waals surface area contributed by atoms with Gasteiger partial charge in [-0.2, -0.15) is 8.42 Å². The summed E-state index contributed by atoms with van der Waals surface area (Å²) in [4.78, 5) is 0. The van der Waals surface area contributed by atoms with Crippen LogP contribution in [0, 0.1) is 5.92 Å². The van der Waals surface area contributed by atoms with Crippen molar-refractivity contribution in [1.29, 1.82) is 0 Å². The Hall–Kier alpha value is -0.690. The van der Waals surface area contributed by atoms with E-state index in [1.54, 1.807) is 12.2 Å². The molecule has 5 nitrogen and oxygen atoms in total. The van der Waals surface area contributed by atoms with E-state index in [1.165, 1.54) is 6.92 Å². The van der Waals surface area contributed by atoms with Gasteiger partial charge < -0.3 is 5.11 Å². The Labute approximate surface area is 103 Å². The molecule has 0 rings (SSSR count). The SMILES string of the molecule is C=CCC(CC=C)C(C)(CCO)OS(=O)(=O)O. The molecule has 0 aromatic carbocycles. The van der Waals surface area contributed by atoms with Crippen LogP contribution >= 0.6 is 0 Å². The van der Waals surface area contributed by atoms with E-state index in [2.05, 4.69) is 13.2 Å². The van der Waals surface area contributed by atoms with Crippen LogP contribution in [0.3, 0.4) is 0 Å². The molecule has 0 aliphatic rings. The third-order valence-electron chi connectivity index (χ3n) is 2.67. The summed E-state index contributed by atoms with van der Waals surface area (Å²) >= 11 is 0. The van der Waals surface area contributed by atoms with Crippen molar-refractivity contribution < 1.29 is 22.3 Å². The summed E-state index contributed by atoms with van der Waals surface area (Å²) in [7, 11) is -4.57. The van der Waals surface area contributed by atoms with Crippen molar-refractivity contribution in [3.8, 4) is 0 Å². The van der Waals surface area contributed by atoms with Gasteiger partial charge >= 0.3 is 10.4 Å². The van der Waals surface area contributed by atoms with E-state index in [9.17, 15) is 8.42 Å². The first kappa shape index (κ1) is 16.3. The fraction of sp³-hybridized carbons (Fsp3) is 0.636. The van der Waals surface area contributed by atoms with Gasteiger partial charge in [-0.15, -0.1) is 13.2 Å². The molecule has 0 aromatic rings. The minimum atomic E-state index is -4.57. The van der Waals surface area contributed by atoms with Crippen LogP contribution in [0.1, 0.15) is 26.2 Å². The number of rotatable bonds is 9. The van der Waals surface area contributed by atoms with E-state index in [-0.39, 0.29) is 18.9 Å². The van der Waals surface area contributed by atoms with Gasteiger partial charge in [-0.25, -0.2) is 4.18 Å². The van der Waals surface area contributed by atoms with Crippen molar-refractivity contribution in [1.82, 2.24) is 0 Å². The molecule has 0 aliphatic carbocycles. The molecule has 1 atom stereocenters. The van der Waals surface area contributed by atoms with E-state index < -0.39 is 16.0 Å². The summed E-state index contributed by atoms with van der Waals surface area (Å²) in [5, 5.41) is 8.98. The lowest BCUT2D eigenvalue weighted by atomic mass is 9.82. The van der Waals surface area contributed by atoms with Crippen molar-refractivity contribution in [3.63, 3.8) is 0 Å². The lowest BCUT2D eigenvalue weighted by Crippen LogP contribution is -2.40. The van der Waals surface area contributed by atoms with E-state index in [0.717, 1.165) is 0 Å². The lowest BCUT2D eigenvalue weighted by Gasteiger charge is -2.34. The van der Waals surface area contributed by atoms with Crippen LogP contribution in [0.2, 0.25) is 0 Å². The molecule has 0 fully saturated rings. The van der Waals surface area contributed by atoms with Crippen molar-refractivity contribution >= 4 is 10.4 Å². The highest BCUT2D eigenvalue weighted by Gasteiger charge is 2.37. The van der Waals surface area contributed by atoms with E-state index in [4.69, 9.17) is 13.8 Å². The molecule has 17 heavy (non-hydrogen) atoms. The van der Waals surface area contributed by atoms with Crippen LogP contribution in [-0.2, 0) is 14.6 Å². The zero-order valence-electron chi connectivity index (χ0n) is 10.0. The molecule has 0 saturated carbocycles. The molecule has 0 aliphatic heterocycles. The average Bonchev–Trinajstić information content (AvgIpc) is 2.15. The molecule has 0 aromatic heterocycles. The summed E-state index contributed by atoms with van der Waals surface area (Å²) in [6.07, 6.45) is 4.36. The number of hydrogen-bond acceptors (Lipinski definition) is 4. The van der Waals surface area contributed by atoms with Crippen molar-refractivity contribution in [2.75, 3.05) is 6.61 Å². The first-order valence-corrected chi connectivity index (χ1v) is 6.66. The highest BCUT2D eigenvalue weighted by atomic mass is 32.3. The van der Waals surface area contributed by atoms with Crippen LogP contribution in [-0.4, -0.2) is 30.3 Å². The Morgan fingerprint density at radius 3 is 2.12 bits per heavy atom. The first-order chi connectivity index (χ1) is 7.79. The maximum atomic E-state index is 10.8. The van der Waals surface area contributed by atoms with E-state index in [0.29, 0.717) is 12.8 Å². The molecule has 2 N–H and O–H groups in total. The maximum absolute atomic E-state index is 10.8. The molecule has 6 heteroatoms. The van der Waals surface area contributed by atoms with Gasteiger partial charge in [-0.05, 0) is 25.7 Å². The fourth-order valence-electron chi connectivity index (χ4n) is 1.77. The second kappa shape index (κ2) is 6.90. The van der Waals surface area contributed by atoms with Crippen molar-refractivity contribution in [2.45, 2.75) is 31.8 Å². The van der Waals surface area contributed by atoms with Crippen LogP contribution in [0.5, 0.6) is 0 Å². The van der Waals surface area contributed by atoms with Crippen LogP contribution in [0.4, 0.5) is 0 Å². The topological polar surface area (TPSA) is 83.8 Å². The third-order valence-corrected chi connectivity index (χ3v) is 3.26. The number of aliphatic hydroxyl groups excluding tert-OH is 1. The summed E-state index contributed by atoms with van der Waals surface area (Å²) in [5.74, 6) is -0.230. The molecule has 0 heterocycles. The monoisotopic (exact) mass is 264 g/mol. The average molecular weight is 264 g/mol. The fourth-order valence-corrected chi connectivity index (χ4v) is 2.47. The highest BCUT2D eigenvalue weighted by Crippen LogP contribution is 2.32. The highest BCUT2D eigenvalue weighted by molar-refractivity contribution is 7.80. The predicted octanol–water partition coefficient (Wildman–Crippen LogP) is 1.72. The standard InChI is InChI=1S/C11H20O5S/c1-4-6-10(7-5-2)11(3,8-9-12)16-17(13,14)15/h4-5,10,12H,1-2,6-9H2,3H3,(H,13,14,15). The molecule has 0 bridgehead atoms. The van der Waals surface area contributed by atoms with Crippen molar-refractivity contribution in [2.24, 2.45) is 5.92 Å². The second-order valence-corrected chi connectivity index (χ2v) is 5.07. The minimum absolute atomic E-state index is 0.0964. The molecule has 0 amide bonds. The van der Waals surface area contributed by atoms with Crippen LogP contribution in [0.15, 0.2) is 25.3 Å². The van der Waals surface area contributed by atoms with Gasteiger partial charge in [0.15, 0.2) is 0 Å². The Morgan fingerprint density at radius 1 is 1.35 bits per heavy atom. The molecule has 0 spiro atoms. The zero-order chi connectivity index (χ0) is 13.5. The summed E-state index contributed by atoms with van der Waals surface area (Å²) in [6, 6.07) is 0. The molecule has 0 saturated heterocycles. The number of aliphatic hydroxyl groups is 1. The molecular weight excluding hydrogens is 244 g/mol. The van der Waals surface area contributed by atoms with Crippen molar-refractivity contribution in [3.05, 3.63) is 25.3 Å². The number of hydrogen-bond donors (Lipinski definition) is 2. The molecule has 0 radical (unpaired) electrons. The van der Waals surface area contributed by atoms with E-state index in [1.807, 2.05) is 0 Å². The Morgan fingerprint density at radius 2 is 1.82 bits per heavy atom. The summed E-state index contributed by atoms with van der Waals surface area (Å²) < 4.78 is 35.2.